The zero-order valence-electron chi connectivity index (χ0n) is 24.0. The van der Waals surface area contributed by atoms with Crippen molar-refractivity contribution in [3.8, 4) is 5.69 Å². The Labute approximate surface area is 244 Å². The molecule has 4 amide bonds. The fourth-order valence-corrected chi connectivity index (χ4v) is 6.89. The fraction of sp³-hybridized carbons (Fsp3) is 0.600. The predicted octanol–water partition coefficient (Wildman–Crippen LogP) is 1.42. The highest BCUT2D eigenvalue weighted by molar-refractivity contribution is 5.93. The van der Waals surface area contributed by atoms with Crippen LogP contribution in [-0.4, -0.2) is 104 Å². The highest BCUT2D eigenvalue weighted by Gasteiger charge is 2.46. The molecule has 0 saturated carbocycles. The number of piperidine rings is 1. The minimum absolute atomic E-state index is 0.0502. The van der Waals surface area contributed by atoms with E-state index >= 15 is 0 Å². The van der Waals surface area contributed by atoms with E-state index in [9.17, 15) is 23.6 Å². The lowest BCUT2D eigenvalue weighted by Gasteiger charge is -2.40. The molecule has 4 aliphatic rings. The number of nitrogens with one attached hydrogen (secondary N) is 1. The van der Waals surface area contributed by atoms with Gasteiger partial charge in [0.05, 0.1) is 24.1 Å². The van der Waals surface area contributed by atoms with Crippen LogP contribution in [0, 0.1) is 18.8 Å². The Bertz CT molecular complexity index is 1340. The number of aromatic nitrogens is 3. The first-order chi connectivity index (χ1) is 20.2. The lowest BCUT2D eigenvalue weighted by atomic mass is 9.80. The van der Waals surface area contributed by atoms with E-state index in [1.165, 1.54) is 4.90 Å². The average molecular weight is 580 g/mol. The van der Waals surface area contributed by atoms with Crippen molar-refractivity contribution in [2.24, 2.45) is 11.8 Å². The van der Waals surface area contributed by atoms with Crippen LogP contribution in [0.1, 0.15) is 49.8 Å². The molecular weight excluding hydrogens is 541 g/mol. The summed E-state index contributed by atoms with van der Waals surface area (Å²) in [6.45, 7) is 4.07. The molecule has 6 rings (SSSR count). The Morgan fingerprint density at radius 3 is 2.57 bits per heavy atom. The summed E-state index contributed by atoms with van der Waals surface area (Å²) < 4.78 is 16.3. The summed E-state index contributed by atoms with van der Waals surface area (Å²) in [5, 5.41) is 11.3. The van der Waals surface area contributed by atoms with Crippen LogP contribution >= 0.6 is 0 Å². The molecule has 224 valence electrons. The molecule has 4 saturated heterocycles. The summed E-state index contributed by atoms with van der Waals surface area (Å²) >= 11 is 0. The van der Waals surface area contributed by atoms with E-state index in [-0.39, 0.29) is 55.4 Å². The van der Waals surface area contributed by atoms with Crippen LogP contribution in [0.25, 0.3) is 5.69 Å². The number of likely N-dealkylation sites (tertiary alicyclic amines) is 1. The normalized spacial score (nSPS) is 28.5. The van der Waals surface area contributed by atoms with Crippen LogP contribution in [-0.2, 0) is 25.6 Å². The molecule has 1 aromatic carbocycles. The average Bonchev–Trinajstić information content (AvgIpc) is 3.74. The molecule has 0 spiro atoms. The van der Waals surface area contributed by atoms with Gasteiger partial charge in [-0.25, -0.2) is 9.07 Å². The van der Waals surface area contributed by atoms with Gasteiger partial charge in [-0.2, -0.15) is 0 Å². The van der Waals surface area contributed by atoms with E-state index in [2.05, 4.69) is 15.6 Å². The van der Waals surface area contributed by atoms with Gasteiger partial charge in [0, 0.05) is 51.9 Å². The number of hydrogen-bond acceptors (Lipinski definition) is 6. The minimum atomic E-state index is -1.32. The summed E-state index contributed by atoms with van der Waals surface area (Å²) in [5.74, 6) is -1.29. The molecule has 2 aromatic rings. The highest BCUT2D eigenvalue weighted by atomic mass is 19.1. The van der Waals surface area contributed by atoms with Gasteiger partial charge in [0.2, 0.25) is 23.6 Å². The summed E-state index contributed by atoms with van der Waals surface area (Å²) in [6.07, 6.45) is 3.41. The van der Waals surface area contributed by atoms with Crippen molar-refractivity contribution in [3.05, 3.63) is 41.7 Å². The van der Waals surface area contributed by atoms with Crippen molar-refractivity contribution in [2.45, 2.75) is 70.1 Å². The van der Waals surface area contributed by atoms with E-state index in [0.717, 1.165) is 37.2 Å². The van der Waals surface area contributed by atoms with Crippen LogP contribution < -0.4 is 5.32 Å². The first-order valence-electron chi connectivity index (χ1n) is 15.0. The maximum Gasteiger partial charge on any atom is 0.246 e. The number of alkyl halides is 1. The SMILES string of the molecule is Cc1ccc(-n2cc(C[C@H]3NC(=O)C[C@H]4CN(CC[C@H]4CC(=O)N4CCCC4)C(=O)[C@@H]4C[C@H](F)CN4C3=O)nn2)cc1. The quantitative estimate of drug-likeness (QED) is 0.572. The number of rotatable bonds is 5. The van der Waals surface area contributed by atoms with Crippen molar-refractivity contribution >= 4 is 23.6 Å². The molecule has 1 N–H and O–H groups in total. The number of carbonyl (C=O) groups excluding carboxylic acids is 4. The molecule has 4 fully saturated rings. The Balaban J connectivity index is 1.24. The van der Waals surface area contributed by atoms with Gasteiger partial charge in [-0.15, -0.1) is 5.10 Å². The number of carbonyl (C=O) groups is 4. The Morgan fingerprint density at radius 2 is 1.81 bits per heavy atom. The molecule has 1 aromatic heterocycles. The van der Waals surface area contributed by atoms with Gasteiger partial charge >= 0.3 is 0 Å². The zero-order valence-corrected chi connectivity index (χ0v) is 24.0. The highest BCUT2D eigenvalue weighted by Crippen LogP contribution is 2.33. The zero-order chi connectivity index (χ0) is 29.4. The fourth-order valence-electron chi connectivity index (χ4n) is 6.89. The number of amides is 4. The standard InChI is InChI=1S/C30H38FN7O4/c1-19-4-6-24(7-5-19)38-18-23(33-34-38)15-25-29(41)37-17-22(31)14-26(37)30(42)36-11-8-20(21(16-36)12-27(39)32-25)13-28(40)35-9-2-3-10-35/h4-7,18,20-22,25-26H,2-3,8-17H2,1H3,(H,32,39)/t20-,21-,22-,25+,26-/m0/s1. The van der Waals surface area contributed by atoms with Crippen LogP contribution in [0.3, 0.4) is 0 Å². The monoisotopic (exact) mass is 579 g/mol. The molecule has 42 heavy (non-hydrogen) atoms. The molecule has 0 unspecified atom stereocenters. The Morgan fingerprint density at radius 1 is 1.05 bits per heavy atom. The van der Waals surface area contributed by atoms with Crippen molar-refractivity contribution in [1.29, 1.82) is 0 Å². The van der Waals surface area contributed by atoms with Gasteiger partial charge in [0.25, 0.3) is 0 Å². The van der Waals surface area contributed by atoms with Crippen molar-refractivity contribution in [2.75, 3.05) is 32.7 Å². The lowest BCUT2D eigenvalue weighted by molar-refractivity contribution is -0.146. The van der Waals surface area contributed by atoms with E-state index in [0.29, 0.717) is 31.6 Å². The molecular formula is C30H38FN7O4. The lowest BCUT2D eigenvalue weighted by Crippen LogP contribution is -2.54. The number of aryl methyl sites for hydroxylation is 1. The number of fused-ring (bicyclic) bond motifs is 3. The molecule has 0 aliphatic carbocycles. The summed E-state index contributed by atoms with van der Waals surface area (Å²) in [7, 11) is 0. The van der Waals surface area contributed by atoms with Gasteiger partial charge in [0.15, 0.2) is 0 Å². The van der Waals surface area contributed by atoms with Gasteiger partial charge in [-0.3, -0.25) is 19.2 Å². The van der Waals surface area contributed by atoms with E-state index in [1.807, 2.05) is 36.1 Å². The van der Waals surface area contributed by atoms with Crippen LogP contribution in [0.15, 0.2) is 30.5 Å². The summed E-state index contributed by atoms with van der Waals surface area (Å²) in [5.41, 5.74) is 2.40. The van der Waals surface area contributed by atoms with Crippen molar-refractivity contribution in [1.82, 2.24) is 35.0 Å². The van der Waals surface area contributed by atoms with Crippen LogP contribution in [0.5, 0.6) is 0 Å². The third-order valence-electron chi connectivity index (χ3n) is 9.25. The van der Waals surface area contributed by atoms with E-state index < -0.39 is 24.2 Å². The minimum Gasteiger partial charge on any atom is -0.344 e. The van der Waals surface area contributed by atoms with Gasteiger partial charge < -0.3 is 20.0 Å². The van der Waals surface area contributed by atoms with E-state index in [1.54, 1.807) is 15.8 Å². The molecule has 12 heteroatoms. The molecule has 0 radical (unpaired) electrons. The first-order valence-corrected chi connectivity index (χ1v) is 15.0. The topological polar surface area (TPSA) is 121 Å². The Kier molecular flexibility index (Phi) is 7.96. The number of halogens is 1. The van der Waals surface area contributed by atoms with Gasteiger partial charge in [0.1, 0.15) is 18.3 Å². The maximum atomic E-state index is 14.7. The maximum absolute atomic E-state index is 14.7. The van der Waals surface area contributed by atoms with Crippen LogP contribution in [0.4, 0.5) is 4.39 Å². The van der Waals surface area contributed by atoms with Gasteiger partial charge in [-0.1, -0.05) is 22.9 Å². The number of benzene rings is 1. The Hall–Kier alpha value is -3.83. The third-order valence-corrected chi connectivity index (χ3v) is 9.25. The smallest absolute Gasteiger partial charge is 0.246 e. The number of hydrogen-bond donors (Lipinski definition) is 1. The summed E-state index contributed by atoms with van der Waals surface area (Å²) in [6, 6.07) is 5.79. The molecule has 2 bridgehead atoms. The summed E-state index contributed by atoms with van der Waals surface area (Å²) in [4.78, 5) is 58.8. The second-order valence-corrected chi connectivity index (χ2v) is 12.2. The molecule has 5 heterocycles. The predicted molar refractivity (Wildman–Crippen MR) is 150 cm³/mol. The van der Waals surface area contributed by atoms with E-state index in [4.69, 9.17) is 0 Å². The second kappa shape index (κ2) is 11.8. The molecule has 5 atom stereocenters. The largest absolute Gasteiger partial charge is 0.344 e. The first kappa shape index (κ1) is 28.3. The molecule has 4 aliphatic heterocycles. The second-order valence-electron chi connectivity index (χ2n) is 12.2. The van der Waals surface area contributed by atoms with Crippen LogP contribution in [0.2, 0.25) is 0 Å². The number of nitrogens with zero attached hydrogens (tertiary/aromatic N) is 6. The van der Waals surface area contributed by atoms with Gasteiger partial charge in [-0.05, 0) is 50.2 Å². The van der Waals surface area contributed by atoms with Crippen molar-refractivity contribution < 1.29 is 23.6 Å². The third kappa shape index (κ3) is 5.89. The molecule has 11 nitrogen and oxygen atoms in total. The van der Waals surface area contributed by atoms with Crippen molar-refractivity contribution in [3.63, 3.8) is 0 Å².